The number of hydrogen-bond donors (Lipinski definition) is 1. The molecule has 0 bridgehead atoms. The van der Waals surface area contributed by atoms with E-state index in [4.69, 9.17) is 9.47 Å². The Balaban J connectivity index is 2.32. The van der Waals surface area contributed by atoms with Gasteiger partial charge in [-0.05, 0) is 49.4 Å². The zero-order valence-electron chi connectivity index (χ0n) is 11.7. The highest BCUT2D eigenvalue weighted by molar-refractivity contribution is 5.76. The highest BCUT2D eigenvalue weighted by atomic mass is 16.5. The topological polar surface area (TPSA) is 55.8 Å². The van der Waals surface area contributed by atoms with E-state index in [-0.39, 0.29) is 0 Å². The van der Waals surface area contributed by atoms with Gasteiger partial charge in [-0.15, -0.1) is 0 Å². The lowest BCUT2D eigenvalue weighted by molar-refractivity contribution is -0.154. The molecule has 1 aliphatic rings. The SMILES string of the molecule is COc1cc(C)c(CC2(C(=O)O)CCC2)cc1OC. The number of methoxy groups -OCH3 is 2. The third-order valence-corrected chi connectivity index (χ3v) is 4.14. The number of carbonyl (C=O) groups is 1. The van der Waals surface area contributed by atoms with Crippen LogP contribution in [0.2, 0.25) is 0 Å². The first kappa shape index (κ1) is 13.7. The predicted molar refractivity (Wildman–Crippen MR) is 71.9 cm³/mol. The molecule has 0 spiro atoms. The first-order chi connectivity index (χ1) is 9.02. The maximum Gasteiger partial charge on any atom is 0.309 e. The first-order valence-electron chi connectivity index (χ1n) is 6.47. The van der Waals surface area contributed by atoms with Gasteiger partial charge in [-0.25, -0.2) is 0 Å². The van der Waals surface area contributed by atoms with Gasteiger partial charge in [-0.2, -0.15) is 0 Å². The molecule has 0 unspecified atom stereocenters. The Labute approximate surface area is 113 Å². The Morgan fingerprint density at radius 3 is 2.26 bits per heavy atom. The van der Waals surface area contributed by atoms with Crippen molar-refractivity contribution in [1.29, 1.82) is 0 Å². The summed E-state index contributed by atoms with van der Waals surface area (Å²) in [6.07, 6.45) is 3.08. The number of carboxylic acids is 1. The summed E-state index contributed by atoms with van der Waals surface area (Å²) < 4.78 is 10.5. The summed E-state index contributed by atoms with van der Waals surface area (Å²) in [5.74, 6) is 0.651. The average Bonchev–Trinajstić information content (AvgIpc) is 2.34. The maximum atomic E-state index is 11.4. The number of hydrogen-bond acceptors (Lipinski definition) is 3. The molecular formula is C15H20O4. The van der Waals surface area contributed by atoms with E-state index in [9.17, 15) is 9.90 Å². The fraction of sp³-hybridized carbons (Fsp3) is 0.533. The average molecular weight is 264 g/mol. The number of carboxylic acid groups (broad SMARTS) is 1. The molecule has 19 heavy (non-hydrogen) atoms. The van der Waals surface area contributed by atoms with Crippen molar-refractivity contribution < 1.29 is 19.4 Å². The van der Waals surface area contributed by atoms with Crippen LogP contribution in [0, 0.1) is 12.3 Å². The predicted octanol–water partition coefficient (Wildman–Crippen LogP) is 2.81. The van der Waals surface area contributed by atoms with E-state index in [1.54, 1.807) is 14.2 Å². The molecule has 0 saturated heterocycles. The van der Waals surface area contributed by atoms with Crippen molar-refractivity contribution in [1.82, 2.24) is 0 Å². The van der Waals surface area contributed by atoms with Gasteiger partial charge in [0, 0.05) is 0 Å². The van der Waals surface area contributed by atoms with Gasteiger partial charge in [0.15, 0.2) is 11.5 Å². The van der Waals surface area contributed by atoms with Crippen LogP contribution in [-0.2, 0) is 11.2 Å². The summed E-state index contributed by atoms with van der Waals surface area (Å²) in [6.45, 7) is 1.98. The molecule has 1 aliphatic carbocycles. The normalized spacial score (nSPS) is 16.6. The lowest BCUT2D eigenvalue weighted by Gasteiger charge is -2.38. The molecule has 4 heteroatoms. The van der Waals surface area contributed by atoms with Gasteiger partial charge in [0.25, 0.3) is 0 Å². The number of rotatable bonds is 5. The third-order valence-electron chi connectivity index (χ3n) is 4.14. The van der Waals surface area contributed by atoms with E-state index >= 15 is 0 Å². The summed E-state index contributed by atoms with van der Waals surface area (Å²) in [6, 6.07) is 3.81. The minimum atomic E-state index is -0.687. The van der Waals surface area contributed by atoms with E-state index in [1.165, 1.54) is 0 Å². The maximum absolute atomic E-state index is 11.4. The molecule has 1 fully saturated rings. The second kappa shape index (κ2) is 5.11. The molecule has 1 aromatic rings. The fourth-order valence-corrected chi connectivity index (χ4v) is 2.65. The van der Waals surface area contributed by atoms with Crippen LogP contribution in [0.5, 0.6) is 11.5 Å². The van der Waals surface area contributed by atoms with E-state index < -0.39 is 11.4 Å². The molecular weight excluding hydrogens is 244 g/mol. The van der Waals surface area contributed by atoms with Crippen molar-refractivity contribution in [3.8, 4) is 11.5 Å². The van der Waals surface area contributed by atoms with Crippen LogP contribution in [-0.4, -0.2) is 25.3 Å². The van der Waals surface area contributed by atoms with Crippen molar-refractivity contribution in [3.63, 3.8) is 0 Å². The van der Waals surface area contributed by atoms with Crippen LogP contribution in [0.15, 0.2) is 12.1 Å². The van der Waals surface area contributed by atoms with E-state index in [2.05, 4.69) is 0 Å². The summed E-state index contributed by atoms with van der Waals surface area (Å²) in [5.41, 5.74) is 1.49. The summed E-state index contributed by atoms with van der Waals surface area (Å²) >= 11 is 0. The molecule has 0 amide bonds. The van der Waals surface area contributed by atoms with Crippen LogP contribution in [0.1, 0.15) is 30.4 Å². The standard InChI is InChI=1S/C15H20O4/c1-10-7-12(18-2)13(19-3)8-11(10)9-15(14(16)17)5-4-6-15/h7-8H,4-6,9H2,1-3H3,(H,16,17). The smallest absolute Gasteiger partial charge is 0.309 e. The lowest BCUT2D eigenvalue weighted by Crippen LogP contribution is -2.40. The molecule has 0 atom stereocenters. The fourth-order valence-electron chi connectivity index (χ4n) is 2.65. The molecule has 1 saturated carbocycles. The van der Waals surface area contributed by atoms with E-state index in [0.717, 1.165) is 30.4 Å². The molecule has 0 radical (unpaired) electrons. The number of ether oxygens (including phenoxy) is 2. The van der Waals surface area contributed by atoms with Gasteiger partial charge in [-0.1, -0.05) is 6.42 Å². The van der Waals surface area contributed by atoms with Crippen molar-refractivity contribution >= 4 is 5.97 Å². The van der Waals surface area contributed by atoms with Gasteiger partial charge < -0.3 is 14.6 Å². The van der Waals surface area contributed by atoms with Crippen molar-refractivity contribution in [2.45, 2.75) is 32.6 Å². The molecule has 4 nitrogen and oxygen atoms in total. The van der Waals surface area contributed by atoms with Gasteiger partial charge in [0.1, 0.15) is 0 Å². The highest BCUT2D eigenvalue weighted by Crippen LogP contribution is 2.45. The third kappa shape index (κ3) is 2.39. The number of aryl methyl sites for hydroxylation is 1. The highest BCUT2D eigenvalue weighted by Gasteiger charge is 2.44. The summed E-state index contributed by atoms with van der Waals surface area (Å²) in [7, 11) is 3.19. The van der Waals surface area contributed by atoms with Gasteiger partial charge in [-0.3, -0.25) is 4.79 Å². The molecule has 2 rings (SSSR count). The van der Waals surface area contributed by atoms with E-state index in [1.807, 2.05) is 19.1 Å². The van der Waals surface area contributed by atoms with Crippen molar-refractivity contribution in [2.75, 3.05) is 14.2 Å². The van der Waals surface area contributed by atoms with E-state index in [0.29, 0.717) is 17.9 Å². The Morgan fingerprint density at radius 1 is 1.26 bits per heavy atom. The molecule has 0 aromatic heterocycles. The zero-order valence-corrected chi connectivity index (χ0v) is 11.7. The molecule has 1 aromatic carbocycles. The van der Waals surface area contributed by atoms with Crippen LogP contribution >= 0.6 is 0 Å². The van der Waals surface area contributed by atoms with Crippen molar-refractivity contribution in [2.24, 2.45) is 5.41 Å². The van der Waals surface area contributed by atoms with Gasteiger partial charge >= 0.3 is 5.97 Å². The quantitative estimate of drug-likeness (QED) is 0.888. The van der Waals surface area contributed by atoms with Crippen LogP contribution < -0.4 is 9.47 Å². The minimum Gasteiger partial charge on any atom is -0.493 e. The largest absolute Gasteiger partial charge is 0.493 e. The summed E-state index contributed by atoms with van der Waals surface area (Å²) in [5, 5.41) is 9.41. The Bertz CT molecular complexity index is 489. The van der Waals surface area contributed by atoms with Gasteiger partial charge in [0.2, 0.25) is 0 Å². The van der Waals surface area contributed by atoms with Crippen LogP contribution in [0.25, 0.3) is 0 Å². The van der Waals surface area contributed by atoms with Crippen LogP contribution in [0.3, 0.4) is 0 Å². The molecule has 104 valence electrons. The Morgan fingerprint density at radius 2 is 1.84 bits per heavy atom. The Hall–Kier alpha value is -1.71. The number of benzene rings is 1. The number of aliphatic carboxylic acids is 1. The monoisotopic (exact) mass is 264 g/mol. The zero-order chi connectivity index (χ0) is 14.0. The molecule has 1 N–H and O–H groups in total. The second-order valence-corrected chi connectivity index (χ2v) is 5.25. The minimum absolute atomic E-state index is 0.564. The first-order valence-corrected chi connectivity index (χ1v) is 6.47. The molecule has 0 heterocycles. The molecule has 0 aliphatic heterocycles. The van der Waals surface area contributed by atoms with Crippen molar-refractivity contribution in [3.05, 3.63) is 23.3 Å². The van der Waals surface area contributed by atoms with Gasteiger partial charge in [0.05, 0.1) is 19.6 Å². The van der Waals surface area contributed by atoms with Crippen LogP contribution in [0.4, 0.5) is 0 Å². The lowest BCUT2D eigenvalue weighted by atomic mass is 9.65. The summed E-state index contributed by atoms with van der Waals surface area (Å²) in [4.78, 5) is 11.4. The Kier molecular flexibility index (Phi) is 3.69. The second-order valence-electron chi connectivity index (χ2n) is 5.25.